The van der Waals surface area contributed by atoms with Gasteiger partial charge in [-0.1, -0.05) is 23.7 Å². The van der Waals surface area contributed by atoms with E-state index in [0.29, 0.717) is 6.54 Å². The number of fused-ring (bicyclic) bond motifs is 1. The molecule has 0 saturated heterocycles. The lowest BCUT2D eigenvalue weighted by Crippen LogP contribution is -2.02. The molecule has 0 bridgehead atoms. The van der Waals surface area contributed by atoms with Crippen molar-refractivity contribution in [2.45, 2.75) is 6.54 Å². The molecular formula is C15H13ClN6. The van der Waals surface area contributed by atoms with E-state index in [-0.39, 0.29) is 0 Å². The molecule has 110 valence electrons. The van der Waals surface area contributed by atoms with Gasteiger partial charge in [0.15, 0.2) is 11.5 Å². The van der Waals surface area contributed by atoms with Crippen LogP contribution in [-0.4, -0.2) is 29.3 Å². The molecular weight excluding hydrogens is 300 g/mol. The lowest BCUT2D eigenvalue weighted by Gasteiger charge is -2.02. The third-order valence-corrected chi connectivity index (χ3v) is 3.80. The molecule has 1 N–H and O–H groups in total. The zero-order chi connectivity index (χ0) is 15.1. The van der Waals surface area contributed by atoms with Gasteiger partial charge in [-0.15, -0.1) is 0 Å². The molecule has 3 aromatic heterocycles. The van der Waals surface area contributed by atoms with Crippen LogP contribution in [0, 0.1) is 0 Å². The number of nitrogens with zero attached hydrogens (tertiary/aromatic N) is 5. The summed E-state index contributed by atoms with van der Waals surface area (Å²) in [5.41, 5.74) is 3.74. The zero-order valence-electron chi connectivity index (χ0n) is 11.9. The van der Waals surface area contributed by atoms with Gasteiger partial charge >= 0.3 is 0 Å². The maximum absolute atomic E-state index is 6.03. The summed E-state index contributed by atoms with van der Waals surface area (Å²) in [4.78, 5) is 12.0. The number of nitrogens with one attached hydrogen (secondary N) is 1. The number of halogens is 1. The average Bonchev–Trinajstić information content (AvgIpc) is 3.16. The van der Waals surface area contributed by atoms with E-state index in [9.17, 15) is 0 Å². The summed E-state index contributed by atoms with van der Waals surface area (Å²) >= 11 is 6.03. The first-order valence-electron chi connectivity index (χ1n) is 6.83. The lowest BCUT2D eigenvalue weighted by atomic mass is 10.2. The van der Waals surface area contributed by atoms with E-state index >= 15 is 0 Å². The number of benzene rings is 1. The van der Waals surface area contributed by atoms with Gasteiger partial charge in [-0.05, 0) is 17.7 Å². The molecule has 0 unspecified atom stereocenters. The molecule has 0 aliphatic heterocycles. The van der Waals surface area contributed by atoms with Crippen LogP contribution in [0.3, 0.4) is 0 Å². The van der Waals surface area contributed by atoms with Gasteiger partial charge in [0.1, 0.15) is 11.2 Å². The Bertz CT molecular complexity index is 948. The summed E-state index contributed by atoms with van der Waals surface area (Å²) < 4.78 is 3.78. The van der Waals surface area contributed by atoms with Crippen LogP contribution in [0.1, 0.15) is 5.56 Å². The van der Waals surface area contributed by atoms with Crippen molar-refractivity contribution in [1.82, 2.24) is 29.3 Å². The fraction of sp³-hybridized carbons (Fsp3) is 0.133. The van der Waals surface area contributed by atoms with E-state index in [2.05, 4.69) is 20.1 Å². The Balaban J connectivity index is 1.73. The maximum atomic E-state index is 6.03. The smallest absolute Gasteiger partial charge is 0.177 e. The second-order valence-electron chi connectivity index (χ2n) is 5.14. The van der Waals surface area contributed by atoms with Crippen molar-refractivity contribution in [3.63, 3.8) is 0 Å². The zero-order valence-corrected chi connectivity index (χ0v) is 12.6. The van der Waals surface area contributed by atoms with Crippen molar-refractivity contribution < 1.29 is 0 Å². The highest BCUT2D eigenvalue weighted by Crippen LogP contribution is 2.20. The fourth-order valence-electron chi connectivity index (χ4n) is 2.48. The monoisotopic (exact) mass is 312 g/mol. The molecule has 0 aliphatic carbocycles. The minimum atomic E-state index is 0.625. The minimum Gasteiger partial charge on any atom is -0.334 e. The number of H-pyrrole nitrogens is 1. The van der Waals surface area contributed by atoms with Crippen molar-refractivity contribution in [3.05, 3.63) is 53.6 Å². The van der Waals surface area contributed by atoms with Gasteiger partial charge in [0.2, 0.25) is 0 Å². The number of imidazole rings is 2. The molecule has 0 spiro atoms. The van der Waals surface area contributed by atoms with E-state index in [1.54, 1.807) is 18.7 Å². The van der Waals surface area contributed by atoms with E-state index in [1.807, 2.05) is 40.6 Å². The molecule has 0 aliphatic rings. The fourth-order valence-corrected chi connectivity index (χ4v) is 2.69. The molecule has 3 heterocycles. The van der Waals surface area contributed by atoms with E-state index in [1.165, 1.54) is 0 Å². The number of aromatic amines is 1. The molecule has 6 nitrogen and oxygen atoms in total. The molecule has 4 rings (SSSR count). The van der Waals surface area contributed by atoms with Gasteiger partial charge in [0.25, 0.3) is 0 Å². The first-order chi connectivity index (χ1) is 10.7. The summed E-state index contributed by atoms with van der Waals surface area (Å²) in [6.07, 6.45) is 5.32. The quantitative estimate of drug-likeness (QED) is 0.632. The Labute approximate surface area is 131 Å². The Morgan fingerprint density at radius 3 is 2.95 bits per heavy atom. The van der Waals surface area contributed by atoms with Gasteiger partial charge in [0.05, 0.1) is 25.3 Å². The summed E-state index contributed by atoms with van der Waals surface area (Å²) in [5, 5.41) is 5.10. The Hall–Kier alpha value is -2.60. The van der Waals surface area contributed by atoms with E-state index in [0.717, 1.165) is 33.3 Å². The van der Waals surface area contributed by atoms with Crippen molar-refractivity contribution >= 4 is 22.8 Å². The first-order valence-corrected chi connectivity index (χ1v) is 7.21. The van der Waals surface area contributed by atoms with Crippen LogP contribution in [0.5, 0.6) is 0 Å². The molecule has 1 aromatic carbocycles. The van der Waals surface area contributed by atoms with Crippen LogP contribution in [0.2, 0.25) is 5.02 Å². The average molecular weight is 313 g/mol. The van der Waals surface area contributed by atoms with Crippen LogP contribution in [0.15, 0.2) is 43.0 Å². The lowest BCUT2D eigenvalue weighted by molar-refractivity contribution is 0.704. The summed E-state index contributed by atoms with van der Waals surface area (Å²) in [7, 11) is 1.94. The molecule has 0 radical (unpaired) electrons. The van der Waals surface area contributed by atoms with Crippen molar-refractivity contribution in [2.24, 2.45) is 7.05 Å². The van der Waals surface area contributed by atoms with Crippen molar-refractivity contribution in [2.75, 3.05) is 0 Å². The summed E-state index contributed by atoms with van der Waals surface area (Å²) in [6, 6.07) is 7.75. The van der Waals surface area contributed by atoms with Crippen LogP contribution in [0.25, 0.3) is 22.7 Å². The number of hydrogen-bond acceptors (Lipinski definition) is 3. The van der Waals surface area contributed by atoms with Gasteiger partial charge < -0.3 is 9.55 Å². The second kappa shape index (κ2) is 4.99. The largest absolute Gasteiger partial charge is 0.334 e. The van der Waals surface area contributed by atoms with Gasteiger partial charge in [-0.3, -0.25) is 0 Å². The molecule has 0 atom stereocenters. The predicted molar refractivity (Wildman–Crippen MR) is 84.6 cm³/mol. The highest BCUT2D eigenvalue weighted by molar-refractivity contribution is 6.30. The molecule has 22 heavy (non-hydrogen) atoms. The normalized spacial score (nSPS) is 11.4. The summed E-state index contributed by atoms with van der Waals surface area (Å²) in [5.74, 6) is 0.784. The van der Waals surface area contributed by atoms with E-state index in [4.69, 9.17) is 11.6 Å². The van der Waals surface area contributed by atoms with Crippen molar-refractivity contribution in [3.8, 4) is 11.5 Å². The van der Waals surface area contributed by atoms with Crippen LogP contribution < -0.4 is 0 Å². The van der Waals surface area contributed by atoms with Crippen LogP contribution >= 0.6 is 11.6 Å². The second-order valence-corrected chi connectivity index (χ2v) is 5.58. The minimum absolute atomic E-state index is 0.625. The molecule has 0 fully saturated rings. The molecule has 4 aromatic rings. The Morgan fingerprint density at radius 2 is 2.18 bits per heavy atom. The predicted octanol–water partition coefficient (Wildman–Crippen LogP) is 2.86. The van der Waals surface area contributed by atoms with Crippen LogP contribution in [-0.2, 0) is 13.6 Å². The highest BCUT2D eigenvalue weighted by atomic mass is 35.5. The molecule has 7 heteroatoms. The number of aromatic nitrogens is 6. The van der Waals surface area contributed by atoms with E-state index < -0.39 is 0 Å². The number of aryl methyl sites for hydroxylation is 1. The Kier molecular flexibility index (Phi) is 2.97. The molecule has 0 amide bonds. The van der Waals surface area contributed by atoms with Gasteiger partial charge in [-0.2, -0.15) is 5.10 Å². The maximum Gasteiger partial charge on any atom is 0.177 e. The SMILES string of the molecule is Cn1cncc1-c1nc2c(cnn2Cc2cccc(Cl)c2)[nH]1. The van der Waals surface area contributed by atoms with Crippen LogP contribution in [0.4, 0.5) is 0 Å². The summed E-state index contributed by atoms with van der Waals surface area (Å²) in [6.45, 7) is 0.625. The molecule has 0 saturated carbocycles. The number of rotatable bonds is 3. The topological polar surface area (TPSA) is 64.3 Å². The van der Waals surface area contributed by atoms with Gasteiger partial charge in [-0.25, -0.2) is 14.6 Å². The number of hydrogen-bond donors (Lipinski definition) is 1. The van der Waals surface area contributed by atoms with Crippen molar-refractivity contribution in [1.29, 1.82) is 0 Å². The third-order valence-electron chi connectivity index (χ3n) is 3.56. The standard InChI is InChI=1S/C15H13ClN6/c1-21-9-17-7-13(21)14-19-12-6-18-22(15(12)20-14)8-10-3-2-4-11(16)5-10/h2-7,9H,8H2,1H3,(H,19,20). The third kappa shape index (κ3) is 2.17. The van der Waals surface area contributed by atoms with Gasteiger partial charge in [0, 0.05) is 12.1 Å². The highest BCUT2D eigenvalue weighted by Gasteiger charge is 2.12. The first kappa shape index (κ1) is 13.1. The Morgan fingerprint density at radius 1 is 1.27 bits per heavy atom.